The monoisotopic (exact) mass is 225 g/mol. The average molecular weight is 226 g/mol. The molecule has 1 aliphatic carbocycles. The lowest BCUT2D eigenvalue weighted by Crippen LogP contribution is -2.31. The van der Waals surface area contributed by atoms with Gasteiger partial charge >= 0.3 is 0 Å². The van der Waals surface area contributed by atoms with Gasteiger partial charge in [-0.25, -0.2) is 0 Å². The number of benzene rings is 1. The number of hydrogen-bond acceptors (Lipinski definition) is 2. The number of ether oxygens (including phenoxy) is 1. The van der Waals surface area contributed by atoms with Crippen LogP contribution in [-0.2, 0) is 5.41 Å². The van der Waals surface area contributed by atoms with E-state index in [1.165, 1.54) is 5.56 Å². The lowest BCUT2D eigenvalue weighted by Gasteiger charge is -2.20. The van der Waals surface area contributed by atoms with Crippen LogP contribution in [0.2, 0.25) is 5.02 Å². The molecule has 1 fully saturated rings. The molecule has 0 saturated heterocycles. The van der Waals surface area contributed by atoms with Crippen LogP contribution in [0.4, 0.5) is 0 Å². The van der Waals surface area contributed by atoms with E-state index in [9.17, 15) is 0 Å². The molecule has 1 unspecified atom stereocenters. The lowest BCUT2D eigenvalue weighted by molar-refractivity contribution is 0.414. The summed E-state index contributed by atoms with van der Waals surface area (Å²) < 4.78 is 5.13. The molecule has 1 aromatic rings. The van der Waals surface area contributed by atoms with Gasteiger partial charge in [-0.15, -0.1) is 0 Å². The Balaban J connectivity index is 2.35. The van der Waals surface area contributed by atoms with Gasteiger partial charge in [0, 0.05) is 11.5 Å². The Bertz CT molecular complexity index is 372. The summed E-state index contributed by atoms with van der Waals surface area (Å²) in [6.07, 6.45) is 2.32. The molecule has 0 aromatic heterocycles. The molecule has 82 valence electrons. The van der Waals surface area contributed by atoms with Crippen molar-refractivity contribution in [2.45, 2.75) is 31.2 Å². The fourth-order valence-electron chi connectivity index (χ4n) is 2.12. The van der Waals surface area contributed by atoms with Gasteiger partial charge < -0.3 is 10.5 Å². The minimum absolute atomic E-state index is 0.163. The maximum atomic E-state index is 6.10. The summed E-state index contributed by atoms with van der Waals surface area (Å²) in [5.74, 6) is 0.723. The highest BCUT2D eigenvalue weighted by molar-refractivity contribution is 6.32. The zero-order chi connectivity index (χ0) is 11.1. The van der Waals surface area contributed by atoms with Crippen molar-refractivity contribution in [1.29, 1.82) is 0 Å². The van der Waals surface area contributed by atoms with Crippen LogP contribution in [0.15, 0.2) is 18.2 Å². The van der Waals surface area contributed by atoms with Crippen molar-refractivity contribution < 1.29 is 4.74 Å². The molecule has 1 saturated carbocycles. The summed E-state index contributed by atoms with van der Waals surface area (Å²) in [4.78, 5) is 0. The van der Waals surface area contributed by atoms with Gasteiger partial charge in [0.15, 0.2) is 0 Å². The van der Waals surface area contributed by atoms with Crippen LogP contribution in [0.25, 0.3) is 0 Å². The van der Waals surface area contributed by atoms with E-state index in [0.717, 1.165) is 18.6 Å². The van der Waals surface area contributed by atoms with Gasteiger partial charge in [0.1, 0.15) is 5.75 Å². The van der Waals surface area contributed by atoms with Crippen molar-refractivity contribution in [3.05, 3.63) is 28.8 Å². The topological polar surface area (TPSA) is 35.2 Å². The third-order valence-electron chi connectivity index (χ3n) is 3.39. The third-order valence-corrected chi connectivity index (χ3v) is 3.68. The van der Waals surface area contributed by atoms with Crippen molar-refractivity contribution in [2.75, 3.05) is 7.11 Å². The van der Waals surface area contributed by atoms with E-state index in [4.69, 9.17) is 22.1 Å². The largest absolute Gasteiger partial charge is 0.495 e. The fraction of sp³-hybridized carbons (Fsp3) is 0.500. The molecule has 0 heterocycles. The fourth-order valence-corrected chi connectivity index (χ4v) is 2.38. The Morgan fingerprint density at radius 3 is 2.53 bits per heavy atom. The second kappa shape index (κ2) is 3.69. The highest BCUT2D eigenvalue weighted by Crippen LogP contribution is 2.51. The standard InChI is InChI=1S/C12H16ClNO/c1-8(14)12(5-6-12)9-3-4-11(15-2)10(13)7-9/h3-4,7-8H,5-6,14H2,1-2H3. The predicted octanol–water partition coefficient (Wildman–Crippen LogP) is 2.73. The van der Waals surface area contributed by atoms with Gasteiger partial charge in [-0.3, -0.25) is 0 Å². The SMILES string of the molecule is COc1ccc(C2(C(C)N)CC2)cc1Cl. The summed E-state index contributed by atoms with van der Waals surface area (Å²) in [7, 11) is 1.62. The molecule has 2 nitrogen and oxygen atoms in total. The number of nitrogens with two attached hydrogens (primary N) is 1. The number of methoxy groups -OCH3 is 1. The molecule has 0 radical (unpaired) electrons. The smallest absolute Gasteiger partial charge is 0.137 e. The van der Waals surface area contributed by atoms with E-state index < -0.39 is 0 Å². The first kappa shape index (κ1) is 10.8. The molecule has 2 N–H and O–H groups in total. The van der Waals surface area contributed by atoms with Crippen LogP contribution < -0.4 is 10.5 Å². The van der Waals surface area contributed by atoms with E-state index in [0.29, 0.717) is 5.02 Å². The van der Waals surface area contributed by atoms with E-state index in [2.05, 4.69) is 13.0 Å². The molecule has 2 rings (SSSR count). The normalized spacial score (nSPS) is 19.7. The summed E-state index contributed by atoms with van der Waals surface area (Å²) in [6, 6.07) is 6.15. The van der Waals surface area contributed by atoms with Crippen molar-refractivity contribution in [2.24, 2.45) is 5.73 Å². The molecule has 15 heavy (non-hydrogen) atoms. The molecule has 0 spiro atoms. The summed E-state index contributed by atoms with van der Waals surface area (Å²) in [6.45, 7) is 2.06. The van der Waals surface area contributed by atoms with Gasteiger partial charge in [0.05, 0.1) is 12.1 Å². The van der Waals surface area contributed by atoms with Crippen molar-refractivity contribution in [3.63, 3.8) is 0 Å². The molecule has 0 bridgehead atoms. The minimum Gasteiger partial charge on any atom is -0.495 e. The molecule has 1 aliphatic rings. The second-order valence-corrected chi connectivity index (χ2v) is 4.70. The molecular weight excluding hydrogens is 210 g/mol. The number of hydrogen-bond donors (Lipinski definition) is 1. The highest BCUT2D eigenvalue weighted by atomic mass is 35.5. The zero-order valence-electron chi connectivity index (χ0n) is 9.09. The Kier molecular flexibility index (Phi) is 2.65. The average Bonchev–Trinajstić information content (AvgIpc) is 2.98. The predicted molar refractivity (Wildman–Crippen MR) is 62.6 cm³/mol. The Morgan fingerprint density at radius 2 is 2.13 bits per heavy atom. The molecular formula is C12H16ClNO. The van der Waals surface area contributed by atoms with Gasteiger partial charge in [0.25, 0.3) is 0 Å². The second-order valence-electron chi connectivity index (χ2n) is 4.29. The van der Waals surface area contributed by atoms with E-state index >= 15 is 0 Å². The molecule has 1 aromatic carbocycles. The molecule has 3 heteroatoms. The van der Waals surface area contributed by atoms with Gasteiger partial charge in [0.2, 0.25) is 0 Å². The molecule has 0 amide bonds. The van der Waals surface area contributed by atoms with E-state index in [-0.39, 0.29) is 11.5 Å². The van der Waals surface area contributed by atoms with Crippen LogP contribution in [0.1, 0.15) is 25.3 Å². The minimum atomic E-state index is 0.163. The van der Waals surface area contributed by atoms with Crippen molar-refractivity contribution in [3.8, 4) is 5.75 Å². The van der Waals surface area contributed by atoms with Crippen molar-refractivity contribution in [1.82, 2.24) is 0 Å². The summed E-state index contributed by atoms with van der Waals surface area (Å²) in [5.41, 5.74) is 7.41. The molecule has 1 atom stereocenters. The number of halogens is 1. The summed E-state index contributed by atoms with van der Waals surface area (Å²) >= 11 is 6.10. The summed E-state index contributed by atoms with van der Waals surface area (Å²) in [5, 5.41) is 0.668. The Morgan fingerprint density at radius 1 is 1.47 bits per heavy atom. The van der Waals surface area contributed by atoms with Crippen LogP contribution in [-0.4, -0.2) is 13.2 Å². The first-order chi connectivity index (χ1) is 7.10. The van der Waals surface area contributed by atoms with Crippen LogP contribution >= 0.6 is 11.6 Å². The van der Waals surface area contributed by atoms with E-state index in [1.54, 1.807) is 7.11 Å². The van der Waals surface area contributed by atoms with Gasteiger partial charge in [-0.2, -0.15) is 0 Å². The maximum Gasteiger partial charge on any atom is 0.137 e. The van der Waals surface area contributed by atoms with Crippen LogP contribution in [0.3, 0.4) is 0 Å². The maximum absolute atomic E-state index is 6.10. The Labute approximate surface area is 95.4 Å². The van der Waals surface area contributed by atoms with Crippen LogP contribution in [0, 0.1) is 0 Å². The highest BCUT2D eigenvalue weighted by Gasteiger charge is 2.47. The quantitative estimate of drug-likeness (QED) is 0.859. The lowest BCUT2D eigenvalue weighted by atomic mass is 9.89. The molecule has 0 aliphatic heterocycles. The van der Waals surface area contributed by atoms with E-state index in [1.807, 2.05) is 12.1 Å². The first-order valence-electron chi connectivity index (χ1n) is 5.20. The zero-order valence-corrected chi connectivity index (χ0v) is 9.84. The Hall–Kier alpha value is -0.730. The van der Waals surface area contributed by atoms with Crippen molar-refractivity contribution >= 4 is 11.6 Å². The van der Waals surface area contributed by atoms with Gasteiger partial charge in [-0.05, 0) is 37.5 Å². The van der Waals surface area contributed by atoms with Crippen LogP contribution in [0.5, 0.6) is 5.75 Å². The third kappa shape index (κ3) is 1.72. The first-order valence-corrected chi connectivity index (χ1v) is 5.57. The van der Waals surface area contributed by atoms with Gasteiger partial charge in [-0.1, -0.05) is 17.7 Å². The number of rotatable bonds is 3.